The molecule has 0 saturated heterocycles. The van der Waals surface area contributed by atoms with Crippen LogP contribution in [-0.2, 0) is 11.3 Å². The van der Waals surface area contributed by atoms with Crippen LogP contribution in [0, 0.1) is 19.3 Å². The van der Waals surface area contributed by atoms with Crippen molar-refractivity contribution in [3.8, 4) is 0 Å². The van der Waals surface area contributed by atoms with Crippen molar-refractivity contribution in [3.63, 3.8) is 0 Å². The quantitative estimate of drug-likeness (QED) is 0.638. The molecule has 5 heteroatoms. The predicted molar refractivity (Wildman–Crippen MR) is 104 cm³/mol. The van der Waals surface area contributed by atoms with Gasteiger partial charge in [0.1, 0.15) is 0 Å². The molecule has 5 nitrogen and oxygen atoms in total. The molecule has 0 heterocycles. The standard InChI is InChI=1S/C20H32N4O/c1-15-8-9-17(16(2)12-15)13-22-19(21-3)23-14-20(10-6-7-11-20)18(25)24(4)5/h8-9,12H,6-7,10-11,13-14H2,1-5H3,(H2,21,22,23). The van der Waals surface area contributed by atoms with Gasteiger partial charge in [0.15, 0.2) is 5.96 Å². The summed E-state index contributed by atoms with van der Waals surface area (Å²) in [4.78, 5) is 18.7. The maximum absolute atomic E-state index is 12.6. The summed E-state index contributed by atoms with van der Waals surface area (Å²) in [6.45, 7) is 5.59. The molecule has 0 spiro atoms. The minimum atomic E-state index is -0.291. The van der Waals surface area contributed by atoms with Crippen molar-refractivity contribution in [1.29, 1.82) is 0 Å². The number of carbonyl (C=O) groups excluding carboxylic acids is 1. The summed E-state index contributed by atoms with van der Waals surface area (Å²) in [5.74, 6) is 0.972. The lowest BCUT2D eigenvalue weighted by molar-refractivity contribution is -0.138. The average Bonchev–Trinajstić information content (AvgIpc) is 3.05. The first-order chi connectivity index (χ1) is 11.9. The molecule has 1 aromatic rings. The molecule has 0 atom stereocenters. The van der Waals surface area contributed by atoms with Crippen molar-refractivity contribution in [2.24, 2.45) is 10.4 Å². The molecule has 1 aromatic carbocycles. The summed E-state index contributed by atoms with van der Waals surface area (Å²) in [5.41, 5.74) is 3.52. The number of amides is 1. The maximum atomic E-state index is 12.6. The van der Waals surface area contributed by atoms with Crippen molar-refractivity contribution in [1.82, 2.24) is 15.5 Å². The molecular formula is C20H32N4O. The SMILES string of the molecule is CN=C(NCc1ccc(C)cc1C)NCC1(C(=O)N(C)C)CCCC1. The average molecular weight is 345 g/mol. The van der Waals surface area contributed by atoms with Gasteiger partial charge < -0.3 is 15.5 Å². The third-order valence-corrected chi connectivity index (χ3v) is 5.18. The Labute approximate surface area is 151 Å². The fourth-order valence-electron chi connectivity index (χ4n) is 3.69. The molecule has 0 unspecified atom stereocenters. The van der Waals surface area contributed by atoms with E-state index in [0.717, 1.165) is 38.2 Å². The molecule has 2 rings (SSSR count). The third kappa shape index (κ3) is 4.74. The van der Waals surface area contributed by atoms with Gasteiger partial charge in [0, 0.05) is 34.2 Å². The molecule has 0 radical (unpaired) electrons. The Morgan fingerprint density at radius 1 is 1.20 bits per heavy atom. The van der Waals surface area contributed by atoms with Gasteiger partial charge in [-0.25, -0.2) is 0 Å². The highest BCUT2D eigenvalue weighted by molar-refractivity contribution is 5.85. The highest BCUT2D eigenvalue weighted by Crippen LogP contribution is 2.38. The number of carbonyl (C=O) groups is 1. The molecule has 138 valence electrons. The fourth-order valence-corrected chi connectivity index (χ4v) is 3.69. The van der Waals surface area contributed by atoms with Crippen molar-refractivity contribution in [2.45, 2.75) is 46.1 Å². The molecule has 2 N–H and O–H groups in total. The number of guanidine groups is 1. The Morgan fingerprint density at radius 3 is 2.44 bits per heavy atom. The summed E-state index contributed by atoms with van der Waals surface area (Å²) in [5, 5.41) is 6.75. The number of nitrogens with zero attached hydrogens (tertiary/aromatic N) is 2. The van der Waals surface area contributed by atoms with Crippen LogP contribution in [0.5, 0.6) is 0 Å². The van der Waals surface area contributed by atoms with Crippen LogP contribution in [0.25, 0.3) is 0 Å². The Hall–Kier alpha value is -2.04. The van der Waals surface area contributed by atoms with E-state index in [1.807, 2.05) is 14.1 Å². The second-order valence-electron chi connectivity index (χ2n) is 7.40. The van der Waals surface area contributed by atoms with Gasteiger partial charge in [0.2, 0.25) is 5.91 Å². The smallest absolute Gasteiger partial charge is 0.230 e. The zero-order valence-electron chi connectivity index (χ0n) is 16.3. The van der Waals surface area contributed by atoms with E-state index >= 15 is 0 Å². The number of rotatable bonds is 5. The monoisotopic (exact) mass is 344 g/mol. The molecule has 0 aromatic heterocycles. The summed E-state index contributed by atoms with van der Waals surface area (Å²) in [6, 6.07) is 6.47. The van der Waals surface area contributed by atoms with Crippen LogP contribution in [0.2, 0.25) is 0 Å². The van der Waals surface area contributed by atoms with Crippen LogP contribution in [0.15, 0.2) is 23.2 Å². The molecule has 1 aliphatic rings. The number of nitrogens with one attached hydrogen (secondary N) is 2. The van der Waals surface area contributed by atoms with E-state index in [2.05, 4.69) is 47.7 Å². The van der Waals surface area contributed by atoms with E-state index in [9.17, 15) is 4.79 Å². The Morgan fingerprint density at radius 2 is 1.88 bits per heavy atom. The van der Waals surface area contributed by atoms with Crippen molar-refractivity contribution in [2.75, 3.05) is 27.7 Å². The van der Waals surface area contributed by atoms with Gasteiger partial charge in [-0.15, -0.1) is 0 Å². The molecular weight excluding hydrogens is 312 g/mol. The van der Waals surface area contributed by atoms with Crippen LogP contribution in [-0.4, -0.2) is 44.5 Å². The highest BCUT2D eigenvalue weighted by Gasteiger charge is 2.42. The molecule has 0 aliphatic heterocycles. The second-order valence-corrected chi connectivity index (χ2v) is 7.40. The topological polar surface area (TPSA) is 56.7 Å². The highest BCUT2D eigenvalue weighted by atomic mass is 16.2. The summed E-state index contributed by atoms with van der Waals surface area (Å²) in [6.07, 6.45) is 4.14. The van der Waals surface area contributed by atoms with Crippen molar-refractivity contribution in [3.05, 3.63) is 34.9 Å². The Balaban J connectivity index is 1.96. The van der Waals surface area contributed by atoms with Crippen molar-refractivity contribution >= 4 is 11.9 Å². The molecule has 1 fully saturated rings. The minimum absolute atomic E-state index is 0.224. The van der Waals surface area contributed by atoms with Gasteiger partial charge >= 0.3 is 0 Å². The van der Waals surface area contributed by atoms with Crippen LogP contribution in [0.3, 0.4) is 0 Å². The van der Waals surface area contributed by atoms with Crippen LogP contribution >= 0.6 is 0 Å². The summed E-state index contributed by atoms with van der Waals surface area (Å²) >= 11 is 0. The Kier molecular flexibility index (Phi) is 6.45. The lowest BCUT2D eigenvalue weighted by Gasteiger charge is -2.31. The molecule has 1 aliphatic carbocycles. The zero-order valence-corrected chi connectivity index (χ0v) is 16.3. The van der Waals surface area contributed by atoms with Crippen molar-refractivity contribution < 1.29 is 4.79 Å². The lowest BCUT2D eigenvalue weighted by atomic mass is 9.84. The molecule has 1 amide bonds. The van der Waals surface area contributed by atoms with E-state index in [1.54, 1.807) is 11.9 Å². The number of benzene rings is 1. The van der Waals surface area contributed by atoms with Gasteiger partial charge in [0.25, 0.3) is 0 Å². The minimum Gasteiger partial charge on any atom is -0.355 e. The molecule has 0 bridgehead atoms. The largest absolute Gasteiger partial charge is 0.355 e. The van der Waals surface area contributed by atoms with E-state index in [-0.39, 0.29) is 11.3 Å². The van der Waals surface area contributed by atoms with E-state index in [0.29, 0.717) is 6.54 Å². The van der Waals surface area contributed by atoms with Crippen LogP contribution in [0.4, 0.5) is 0 Å². The van der Waals surface area contributed by atoms with E-state index in [4.69, 9.17) is 0 Å². The summed E-state index contributed by atoms with van der Waals surface area (Å²) < 4.78 is 0. The second kappa shape index (κ2) is 8.37. The van der Waals surface area contributed by atoms with E-state index < -0.39 is 0 Å². The van der Waals surface area contributed by atoms with Crippen LogP contribution < -0.4 is 10.6 Å². The van der Waals surface area contributed by atoms with Gasteiger partial charge in [-0.2, -0.15) is 0 Å². The fraction of sp³-hybridized carbons (Fsp3) is 0.600. The van der Waals surface area contributed by atoms with Gasteiger partial charge in [-0.1, -0.05) is 36.6 Å². The zero-order chi connectivity index (χ0) is 18.4. The molecule has 25 heavy (non-hydrogen) atoms. The first kappa shape index (κ1) is 19.3. The molecule has 1 saturated carbocycles. The first-order valence-corrected chi connectivity index (χ1v) is 9.10. The first-order valence-electron chi connectivity index (χ1n) is 9.10. The van der Waals surface area contributed by atoms with Gasteiger partial charge in [-0.05, 0) is 37.8 Å². The Bertz CT molecular complexity index is 631. The van der Waals surface area contributed by atoms with Gasteiger partial charge in [0.05, 0.1) is 5.41 Å². The number of aryl methyl sites for hydroxylation is 2. The normalized spacial score (nSPS) is 16.6. The van der Waals surface area contributed by atoms with Gasteiger partial charge in [-0.3, -0.25) is 9.79 Å². The number of hydrogen-bond donors (Lipinski definition) is 2. The predicted octanol–water partition coefficient (Wildman–Crippen LogP) is 2.62. The van der Waals surface area contributed by atoms with Crippen LogP contribution in [0.1, 0.15) is 42.4 Å². The number of hydrogen-bond acceptors (Lipinski definition) is 2. The number of aliphatic imine (C=N–C) groups is 1. The van der Waals surface area contributed by atoms with E-state index in [1.165, 1.54) is 16.7 Å². The summed E-state index contributed by atoms with van der Waals surface area (Å²) in [7, 11) is 5.46. The lowest BCUT2D eigenvalue weighted by Crippen LogP contribution is -2.49. The maximum Gasteiger partial charge on any atom is 0.230 e. The third-order valence-electron chi connectivity index (χ3n) is 5.18.